The van der Waals surface area contributed by atoms with Crippen molar-refractivity contribution in [1.29, 1.82) is 0 Å². The molecule has 3 heteroatoms. The molecule has 2 aromatic rings. The molecule has 0 aromatic heterocycles. The summed E-state index contributed by atoms with van der Waals surface area (Å²) in [5.74, 6) is 0.0974. The molecule has 2 rings (SSSR count). The van der Waals surface area contributed by atoms with E-state index >= 15 is 0 Å². The number of nitrogens with two attached hydrogens (primary N) is 1. The quantitative estimate of drug-likeness (QED) is 0.875. The molecule has 0 fully saturated rings. The average Bonchev–Trinajstić information content (AvgIpc) is 2.49. The lowest BCUT2D eigenvalue weighted by molar-refractivity contribution is -0.132. The Labute approximate surface area is 120 Å². The molecule has 104 valence electrons. The van der Waals surface area contributed by atoms with Crippen molar-refractivity contribution in [3.05, 3.63) is 71.8 Å². The summed E-state index contributed by atoms with van der Waals surface area (Å²) in [7, 11) is 0. The van der Waals surface area contributed by atoms with Crippen LogP contribution in [0.4, 0.5) is 0 Å². The van der Waals surface area contributed by atoms with Gasteiger partial charge in [-0.2, -0.15) is 0 Å². The van der Waals surface area contributed by atoms with E-state index in [1.165, 1.54) is 0 Å². The Balaban J connectivity index is 2.10. The first-order valence-electron chi connectivity index (χ1n) is 6.85. The maximum atomic E-state index is 12.2. The van der Waals surface area contributed by atoms with Gasteiger partial charge in [0.25, 0.3) is 0 Å². The van der Waals surface area contributed by atoms with Crippen molar-refractivity contribution in [2.24, 2.45) is 5.73 Å². The van der Waals surface area contributed by atoms with Gasteiger partial charge in [-0.3, -0.25) is 4.79 Å². The van der Waals surface area contributed by atoms with Gasteiger partial charge >= 0.3 is 0 Å². The smallest absolute Gasteiger partial charge is 0.224 e. The van der Waals surface area contributed by atoms with Crippen molar-refractivity contribution >= 4 is 5.91 Å². The Kier molecular flexibility index (Phi) is 5.33. The number of carbonyl (C=O) groups is 1. The van der Waals surface area contributed by atoms with Crippen LogP contribution in [0.25, 0.3) is 0 Å². The van der Waals surface area contributed by atoms with E-state index in [9.17, 15) is 4.79 Å². The van der Waals surface area contributed by atoms with Gasteiger partial charge in [-0.25, -0.2) is 0 Å². The highest BCUT2D eigenvalue weighted by Crippen LogP contribution is 2.11. The molecular formula is C17H20N2O. The highest BCUT2D eigenvalue weighted by Gasteiger charge is 2.13. The number of hydrogen-bond acceptors (Lipinski definition) is 2. The number of benzene rings is 2. The molecule has 0 unspecified atom stereocenters. The van der Waals surface area contributed by atoms with E-state index in [1.807, 2.05) is 65.6 Å². The number of carbonyl (C=O) groups excluding carboxylic acids is 1. The Morgan fingerprint density at radius 2 is 1.30 bits per heavy atom. The molecular weight excluding hydrogens is 248 g/mol. The van der Waals surface area contributed by atoms with Crippen LogP contribution in [0, 0.1) is 0 Å². The Morgan fingerprint density at radius 1 is 0.850 bits per heavy atom. The summed E-state index contributed by atoms with van der Waals surface area (Å²) in [5, 5.41) is 0. The van der Waals surface area contributed by atoms with Gasteiger partial charge in [0.2, 0.25) is 5.91 Å². The normalized spacial score (nSPS) is 10.2. The molecule has 0 aliphatic carbocycles. The molecule has 1 amide bonds. The molecule has 0 heterocycles. The van der Waals surface area contributed by atoms with Crippen LogP contribution in [0.3, 0.4) is 0 Å². The van der Waals surface area contributed by atoms with E-state index in [0.29, 0.717) is 26.1 Å². The summed E-state index contributed by atoms with van der Waals surface area (Å²) in [4.78, 5) is 14.1. The van der Waals surface area contributed by atoms with Crippen molar-refractivity contribution in [2.75, 3.05) is 6.54 Å². The molecule has 20 heavy (non-hydrogen) atoms. The zero-order valence-electron chi connectivity index (χ0n) is 11.5. The van der Waals surface area contributed by atoms with Crippen LogP contribution in [-0.4, -0.2) is 17.4 Å². The second-order valence-electron chi connectivity index (χ2n) is 4.76. The lowest BCUT2D eigenvalue weighted by Gasteiger charge is -2.23. The monoisotopic (exact) mass is 268 g/mol. The number of hydrogen-bond donors (Lipinski definition) is 1. The van der Waals surface area contributed by atoms with Crippen LogP contribution in [0.5, 0.6) is 0 Å². The van der Waals surface area contributed by atoms with Crippen LogP contribution >= 0.6 is 0 Å². The topological polar surface area (TPSA) is 46.3 Å². The minimum Gasteiger partial charge on any atom is -0.334 e. The third kappa shape index (κ3) is 4.21. The van der Waals surface area contributed by atoms with E-state index in [2.05, 4.69) is 0 Å². The predicted octanol–water partition coefficient (Wildman–Crippen LogP) is 2.56. The average molecular weight is 268 g/mol. The highest BCUT2D eigenvalue weighted by molar-refractivity contribution is 5.76. The van der Waals surface area contributed by atoms with Gasteiger partial charge in [-0.1, -0.05) is 60.7 Å². The van der Waals surface area contributed by atoms with Gasteiger partial charge in [0.05, 0.1) is 0 Å². The standard InChI is InChI=1S/C17H20N2O/c18-12-11-17(20)19(13-15-7-3-1-4-8-15)14-16-9-5-2-6-10-16/h1-10H,11-14,18H2. The minimum absolute atomic E-state index is 0.0974. The molecule has 0 spiro atoms. The third-order valence-corrected chi connectivity index (χ3v) is 3.14. The van der Waals surface area contributed by atoms with Crippen LogP contribution in [0.15, 0.2) is 60.7 Å². The number of rotatable bonds is 6. The first kappa shape index (κ1) is 14.3. The Morgan fingerprint density at radius 3 is 1.70 bits per heavy atom. The van der Waals surface area contributed by atoms with Crippen molar-refractivity contribution in [2.45, 2.75) is 19.5 Å². The summed E-state index contributed by atoms with van der Waals surface area (Å²) < 4.78 is 0. The molecule has 0 aliphatic rings. The molecule has 0 aliphatic heterocycles. The summed E-state index contributed by atoms with van der Waals surface area (Å²) >= 11 is 0. The summed E-state index contributed by atoms with van der Waals surface area (Å²) in [5.41, 5.74) is 7.77. The summed E-state index contributed by atoms with van der Waals surface area (Å²) in [6.07, 6.45) is 0.389. The third-order valence-electron chi connectivity index (χ3n) is 3.14. The number of nitrogens with zero attached hydrogens (tertiary/aromatic N) is 1. The van der Waals surface area contributed by atoms with E-state index in [-0.39, 0.29) is 5.91 Å². The summed E-state index contributed by atoms with van der Waals surface area (Å²) in [6.45, 7) is 1.63. The van der Waals surface area contributed by atoms with E-state index in [1.54, 1.807) is 0 Å². The Hall–Kier alpha value is -2.13. The van der Waals surface area contributed by atoms with Gasteiger partial charge in [0, 0.05) is 26.1 Å². The zero-order chi connectivity index (χ0) is 14.2. The predicted molar refractivity (Wildman–Crippen MR) is 80.8 cm³/mol. The van der Waals surface area contributed by atoms with Crippen molar-refractivity contribution in [3.63, 3.8) is 0 Å². The molecule has 0 saturated carbocycles. The lowest BCUT2D eigenvalue weighted by atomic mass is 10.1. The van der Waals surface area contributed by atoms with Gasteiger partial charge in [0.1, 0.15) is 0 Å². The van der Waals surface area contributed by atoms with Crippen LogP contribution < -0.4 is 5.73 Å². The lowest BCUT2D eigenvalue weighted by Crippen LogP contribution is -2.31. The first-order valence-corrected chi connectivity index (χ1v) is 6.85. The van der Waals surface area contributed by atoms with Crippen LogP contribution in [0.2, 0.25) is 0 Å². The molecule has 0 radical (unpaired) electrons. The van der Waals surface area contributed by atoms with Crippen molar-refractivity contribution in [3.8, 4) is 0 Å². The van der Waals surface area contributed by atoms with E-state index in [4.69, 9.17) is 5.73 Å². The molecule has 0 saturated heterocycles. The zero-order valence-corrected chi connectivity index (χ0v) is 11.5. The van der Waals surface area contributed by atoms with Gasteiger partial charge in [0.15, 0.2) is 0 Å². The molecule has 3 nitrogen and oxygen atoms in total. The molecule has 0 atom stereocenters. The fourth-order valence-electron chi connectivity index (χ4n) is 2.12. The maximum absolute atomic E-state index is 12.2. The second kappa shape index (κ2) is 7.46. The molecule has 2 aromatic carbocycles. The van der Waals surface area contributed by atoms with Gasteiger partial charge in [-0.05, 0) is 11.1 Å². The van der Waals surface area contributed by atoms with E-state index < -0.39 is 0 Å². The molecule has 2 N–H and O–H groups in total. The second-order valence-corrected chi connectivity index (χ2v) is 4.76. The minimum atomic E-state index is 0.0974. The fourth-order valence-corrected chi connectivity index (χ4v) is 2.12. The highest BCUT2D eigenvalue weighted by atomic mass is 16.2. The van der Waals surface area contributed by atoms with Crippen molar-refractivity contribution in [1.82, 2.24) is 4.90 Å². The maximum Gasteiger partial charge on any atom is 0.224 e. The molecule has 0 bridgehead atoms. The number of amides is 1. The van der Waals surface area contributed by atoms with Crippen LogP contribution in [0.1, 0.15) is 17.5 Å². The van der Waals surface area contributed by atoms with Crippen molar-refractivity contribution < 1.29 is 4.79 Å². The van der Waals surface area contributed by atoms with Gasteiger partial charge in [-0.15, -0.1) is 0 Å². The first-order chi connectivity index (χ1) is 9.79. The fraction of sp³-hybridized carbons (Fsp3) is 0.235. The summed E-state index contributed by atoms with van der Waals surface area (Å²) in [6, 6.07) is 20.1. The Bertz CT molecular complexity index is 484. The van der Waals surface area contributed by atoms with Crippen LogP contribution in [-0.2, 0) is 17.9 Å². The largest absolute Gasteiger partial charge is 0.334 e. The SMILES string of the molecule is NCCC(=O)N(Cc1ccccc1)Cc1ccccc1. The van der Waals surface area contributed by atoms with E-state index in [0.717, 1.165) is 11.1 Å². The van der Waals surface area contributed by atoms with Gasteiger partial charge < -0.3 is 10.6 Å².